The second-order valence-corrected chi connectivity index (χ2v) is 17.9. The second kappa shape index (κ2) is 12.2. The summed E-state index contributed by atoms with van der Waals surface area (Å²) in [6.45, 7) is 22.1. The molecule has 0 heterocycles. The van der Waals surface area contributed by atoms with E-state index in [0.717, 1.165) is 44.1 Å². The van der Waals surface area contributed by atoms with Gasteiger partial charge in [0.1, 0.15) is 0 Å². The number of allylic oxidation sites excluding steroid dienone is 3. The predicted molar refractivity (Wildman–Crippen MR) is 192 cm³/mol. The molecule has 0 saturated heterocycles. The van der Waals surface area contributed by atoms with Crippen molar-refractivity contribution in [1.29, 1.82) is 0 Å². The van der Waals surface area contributed by atoms with Gasteiger partial charge in [0.05, 0.1) is 11.0 Å². The van der Waals surface area contributed by atoms with Crippen molar-refractivity contribution in [1.82, 2.24) is 10.6 Å². The molecular formula is C42H60N2O4. The number of amides is 2. The zero-order valence-electron chi connectivity index (χ0n) is 30.6. The van der Waals surface area contributed by atoms with Crippen LogP contribution in [-0.2, 0) is 9.59 Å². The molecule has 9 atom stereocenters. The zero-order valence-corrected chi connectivity index (χ0v) is 30.6. The van der Waals surface area contributed by atoms with Gasteiger partial charge < -0.3 is 15.7 Å². The molecular weight excluding hydrogens is 596 g/mol. The molecule has 262 valence electrons. The molecule has 1 aromatic rings. The first-order valence-electron chi connectivity index (χ1n) is 18.8. The third-order valence-electron chi connectivity index (χ3n) is 15.6. The number of nitrogens with one attached hydrogen (secondary N) is 2. The number of fused-ring (bicyclic) bond motifs is 7. The van der Waals surface area contributed by atoms with Gasteiger partial charge in [-0.15, -0.1) is 0 Å². The quantitative estimate of drug-likeness (QED) is 0.193. The van der Waals surface area contributed by atoms with Crippen molar-refractivity contribution in [2.75, 3.05) is 13.1 Å². The molecule has 48 heavy (non-hydrogen) atoms. The van der Waals surface area contributed by atoms with Gasteiger partial charge in [0.15, 0.2) is 0 Å². The Balaban J connectivity index is 1.29. The SMILES string of the molecule is C=C(C)[C@@H]1CC[C@]2(C(=O)NCCCNC(C)=O)CC[C@]3(C)[C@H](CC[C@@H]4[C@@]5(C)CC=C(c6ccc(C(=O)O)cc6)C(C)(C)[C@@H]5CC[C@]43C)[C@@H]12. The maximum Gasteiger partial charge on any atom is 0.335 e. The summed E-state index contributed by atoms with van der Waals surface area (Å²) >= 11 is 0. The first-order valence-corrected chi connectivity index (χ1v) is 18.8. The number of carbonyl (C=O) groups excluding carboxylic acids is 2. The van der Waals surface area contributed by atoms with Gasteiger partial charge in [-0.3, -0.25) is 9.59 Å². The number of carbonyl (C=O) groups is 3. The Morgan fingerprint density at radius 1 is 0.833 bits per heavy atom. The smallest absolute Gasteiger partial charge is 0.335 e. The van der Waals surface area contributed by atoms with Crippen LogP contribution in [0.5, 0.6) is 0 Å². The van der Waals surface area contributed by atoms with Crippen molar-refractivity contribution in [3.05, 3.63) is 53.6 Å². The van der Waals surface area contributed by atoms with Crippen molar-refractivity contribution < 1.29 is 19.5 Å². The first-order chi connectivity index (χ1) is 22.5. The van der Waals surface area contributed by atoms with Gasteiger partial charge in [-0.05, 0) is 146 Å². The van der Waals surface area contributed by atoms with Gasteiger partial charge in [0, 0.05) is 20.0 Å². The summed E-state index contributed by atoms with van der Waals surface area (Å²) in [5.74, 6) is 1.70. The van der Waals surface area contributed by atoms with Crippen molar-refractivity contribution in [2.45, 2.75) is 113 Å². The summed E-state index contributed by atoms with van der Waals surface area (Å²) in [5.41, 5.74) is 4.28. The lowest BCUT2D eigenvalue weighted by atomic mass is 9.32. The average Bonchev–Trinajstić information content (AvgIpc) is 3.42. The summed E-state index contributed by atoms with van der Waals surface area (Å²) in [6.07, 6.45) is 13.2. The van der Waals surface area contributed by atoms with E-state index in [4.69, 9.17) is 0 Å². The van der Waals surface area contributed by atoms with Crippen LogP contribution in [0.2, 0.25) is 0 Å². The van der Waals surface area contributed by atoms with Crippen LogP contribution in [-0.4, -0.2) is 36.0 Å². The van der Waals surface area contributed by atoms with E-state index in [0.29, 0.717) is 48.2 Å². The van der Waals surface area contributed by atoms with Crippen molar-refractivity contribution in [3.63, 3.8) is 0 Å². The third kappa shape index (κ3) is 5.13. The van der Waals surface area contributed by atoms with Crippen LogP contribution < -0.4 is 10.6 Å². The second-order valence-electron chi connectivity index (χ2n) is 17.9. The van der Waals surface area contributed by atoms with Gasteiger partial charge in [-0.2, -0.15) is 0 Å². The Hall–Kier alpha value is -2.89. The van der Waals surface area contributed by atoms with Crippen LogP contribution in [0.1, 0.15) is 129 Å². The van der Waals surface area contributed by atoms with Gasteiger partial charge in [0.2, 0.25) is 11.8 Å². The number of hydrogen-bond donors (Lipinski definition) is 3. The van der Waals surface area contributed by atoms with Gasteiger partial charge in [0.25, 0.3) is 0 Å². The molecule has 0 radical (unpaired) electrons. The van der Waals surface area contributed by atoms with Crippen LogP contribution in [0, 0.1) is 56.7 Å². The fourth-order valence-corrected chi connectivity index (χ4v) is 13.2. The molecule has 4 fully saturated rings. The summed E-state index contributed by atoms with van der Waals surface area (Å²) in [7, 11) is 0. The Labute approximate surface area is 289 Å². The Morgan fingerprint density at radius 2 is 1.52 bits per heavy atom. The van der Waals surface area contributed by atoms with E-state index in [1.807, 2.05) is 12.1 Å². The minimum Gasteiger partial charge on any atom is -0.478 e. The summed E-state index contributed by atoms with van der Waals surface area (Å²) < 4.78 is 0. The normalized spacial score (nSPS) is 39.5. The topological polar surface area (TPSA) is 95.5 Å². The van der Waals surface area contributed by atoms with E-state index in [2.05, 4.69) is 64.8 Å². The van der Waals surface area contributed by atoms with Crippen LogP contribution in [0.3, 0.4) is 0 Å². The number of aromatic carboxylic acids is 1. The lowest BCUT2D eigenvalue weighted by Gasteiger charge is -2.72. The van der Waals surface area contributed by atoms with E-state index < -0.39 is 5.97 Å². The van der Waals surface area contributed by atoms with Crippen molar-refractivity contribution >= 4 is 23.4 Å². The average molecular weight is 657 g/mol. The van der Waals surface area contributed by atoms with E-state index in [9.17, 15) is 19.5 Å². The maximum atomic E-state index is 14.3. The highest BCUT2D eigenvalue weighted by Crippen LogP contribution is 2.77. The first kappa shape index (κ1) is 35.0. The fourth-order valence-electron chi connectivity index (χ4n) is 13.2. The highest BCUT2D eigenvalue weighted by Gasteiger charge is 2.71. The Kier molecular flexibility index (Phi) is 8.85. The lowest BCUT2D eigenvalue weighted by molar-refractivity contribution is -0.225. The van der Waals surface area contributed by atoms with Crippen LogP contribution in [0.25, 0.3) is 5.57 Å². The van der Waals surface area contributed by atoms with E-state index >= 15 is 0 Å². The van der Waals surface area contributed by atoms with Crippen molar-refractivity contribution in [3.8, 4) is 0 Å². The largest absolute Gasteiger partial charge is 0.478 e. The minimum absolute atomic E-state index is 0.0208. The van der Waals surface area contributed by atoms with Gasteiger partial charge >= 0.3 is 5.97 Å². The molecule has 2 amide bonds. The van der Waals surface area contributed by atoms with E-state index in [1.165, 1.54) is 43.8 Å². The van der Waals surface area contributed by atoms with Gasteiger partial charge in [-0.1, -0.05) is 65.0 Å². The highest BCUT2D eigenvalue weighted by molar-refractivity contribution is 5.88. The van der Waals surface area contributed by atoms with Crippen LogP contribution in [0.4, 0.5) is 0 Å². The summed E-state index contributed by atoms with van der Waals surface area (Å²) in [4.78, 5) is 37.1. The predicted octanol–water partition coefficient (Wildman–Crippen LogP) is 8.68. The maximum absolute atomic E-state index is 14.3. The van der Waals surface area contributed by atoms with Crippen LogP contribution in [0.15, 0.2) is 42.5 Å². The highest BCUT2D eigenvalue weighted by atomic mass is 16.4. The summed E-state index contributed by atoms with van der Waals surface area (Å²) in [6, 6.07) is 7.51. The van der Waals surface area contributed by atoms with Crippen LogP contribution >= 0.6 is 0 Å². The van der Waals surface area contributed by atoms with E-state index in [-0.39, 0.29) is 38.9 Å². The number of carboxylic acids is 1. The standard InChI is InChI=1S/C42H60N2O4/c1-26(2)30-16-21-42(37(48)44-25-9-24-43-27(3)45)23-22-40(7)32(35(30)42)14-15-34-39(6)19-17-31(28-10-12-29(13-11-28)36(46)47)38(4,5)33(39)18-20-41(34,40)8/h10-13,17,30,32-35H,1,9,14-16,18-25H2,2-8H3,(H,43,45)(H,44,48)(H,46,47)/t30-,32+,33-,34+,35+,39-,40+,41+,42-/m0/s1. The molecule has 0 spiro atoms. The number of hydrogen-bond acceptors (Lipinski definition) is 3. The molecule has 0 bridgehead atoms. The molecule has 1 aromatic carbocycles. The number of carboxylic acid groups (broad SMARTS) is 1. The molecule has 6 rings (SSSR count). The summed E-state index contributed by atoms with van der Waals surface area (Å²) in [5, 5.41) is 15.7. The fraction of sp³-hybridized carbons (Fsp3) is 0.690. The molecule has 0 aliphatic heterocycles. The third-order valence-corrected chi connectivity index (χ3v) is 15.6. The Bertz CT molecular complexity index is 1510. The monoisotopic (exact) mass is 656 g/mol. The van der Waals surface area contributed by atoms with Gasteiger partial charge in [-0.25, -0.2) is 4.79 Å². The molecule has 6 nitrogen and oxygen atoms in total. The molecule has 0 unspecified atom stereocenters. The zero-order chi connectivity index (χ0) is 34.9. The minimum atomic E-state index is -0.881. The van der Waals surface area contributed by atoms with E-state index in [1.54, 1.807) is 12.1 Å². The molecule has 6 heteroatoms. The molecule has 5 aliphatic carbocycles. The van der Waals surface area contributed by atoms with Crippen molar-refractivity contribution in [2.24, 2.45) is 56.7 Å². The molecule has 5 aliphatic rings. The molecule has 3 N–H and O–H groups in total. The Morgan fingerprint density at radius 3 is 2.17 bits per heavy atom. The number of benzene rings is 1. The number of rotatable bonds is 8. The molecule has 0 aromatic heterocycles. The molecule has 4 saturated carbocycles. The lowest BCUT2D eigenvalue weighted by Crippen LogP contribution is -2.66.